The number of nitrogens with zero attached hydrogens (tertiary/aromatic N) is 5. The fourth-order valence-corrected chi connectivity index (χ4v) is 4.28. The fourth-order valence-electron chi connectivity index (χ4n) is 3.25. The van der Waals surface area contributed by atoms with Gasteiger partial charge >= 0.3 is 0 Å². The van der Waals surface area contributed by atoms with Crippen molar-refractivity contribution >= 4 is 28.6 Å². The summed E-state index contributed by atoms with van der Waals surface area (Å²) in [6.07, 6.45) is 3.99. The van der Waals surface area contributed by atoms with Gasteiger partial charge in [-0.25, -0.2) is 4.98 Å². The number of hydrogen-bond donors (Lipinski definition) is 0. The molecule has 0 atom stereocenters. The fraction of sp³-hybridized carbons (Fsp3) is 0.211. The van der Waals surface area contributed by atoms with E-state index in [1.807, 2.05) is 19.1 Å². The number of carbonyl (C=O) groups excluding carboxylic acids is 1. The molecule has 8 nitrogen and oxygen atoms in total. The lowest BCUT2D eigenvalue weighted by Gasteiger charge is -2.28. The first-order valence-corrected chi connectivity index (χ1v) is 9.42. The van der Waals surface area contributed by atoms with Gasteiger partial charge in [0.2, 0.25) is 0 Å². The minimum absolute atomic E-state index is 0.00381. The van der Waals surface area contributed by atoms with Crippen molar-refractivity contribution in [2.24, 2.45) is 10.4 Å². The third-order valence-corrected chi connectivity index (χ3v) is 5.89. The lowest BCUT2D eigenvalue weighted by molar-refractivity contribution is 0.0738. The highest BCUT2D eigenvalue weighted by Crippen LogP contribution is 2.35. The molecule has 0 saturated carbocycles. The van der Waals surface area contributed by atoms with Gasteiger partial charge < -0.3 is 4.90 Å². The molecular weight excluding hydrogens is 378 g/mol. The Labute approximate surface area is 164 Å². The highest BCUT2D eigenvalue weighted by molar-refractivity contribution is 7.17. The Morgan fingerprint density at radius 3 is 2.61 bits per heavy atom. The second-order valence-corrected chi connectivity index (χ2v) is 7.44. The van der Waals surface area contributed by atoms with Gasteiger partial charge in [0.15, 0.2) is 0 Å². The Hall–Kier alpha value is -3.33. The largest absolute Gasteiger partial charge is 0.333 e. The molecule has 1 aromatic carbocycles. The van der Waals surface area contributed by atoms with Crippen molar-refractivity contribution in [3.05, 3.63) is 68.2 Å². The van der Waals surface area contributed by atoms with Gasteiger partial charge in [-0.15, -0.1) is 21.2 Å². The zero-order valence-electron chi connectivity index (χ0n) is 15.0. The Morgan fingerprint density at radius 2 is 1.93 bits per heavy atom. The van der Waals surface area contributed by atoms with Crippen molar-refractivity contribution in [3.8, 4) is 10.6 Å². The van der Waals surface area contributed by atoms with Crippen molar-refractivity contribution in [3.63, 3.8) is 0 Å². The van der Waals surface area contributed by atoms with Crippen molar-refractivity contribution in [1.29, 1.82) is 0 Å². The molecule has 0 N–H and O–H groups in total. The molecule has 1 aliphatic heterocycles. The van der Waals surface area contributed by atoms with E-state index in [2.05, 4.69) is 20.3 Å². The lowest BCUT2D eigenvalue weighted by atomic mass is 9.98. The zero-order valence-corrected chi connectivity index (χ0v) is 15.8. The SMILES string of the molecule is Cc1nc(-c2cccnc2)sc1C(=O)N1CCc2cc(N=O)c(N=O)cc2C1. The van der Waals surface area contributed by atoms with Gasteiger partial charge in [0.25, 0.3) is 5.91 Å². The minimum Gasteiger partial charge on any atom is -0.333 e. The molecule has 0 aliphatic carbocycles. The number of rotatable bonds is 4. The molecule has 140 valence electrons. The van der Waals surface area contributed by atoms with E-state index in [-0.39, 0.29) is 17.3 Å². The summed E-state index contributed by atoms with van der Waals surface area (Å²) < 4.78 is 0. The van der Waals surface area contributed by atoms with E-state index in [0.29, 0.717) is 30.1 Å². The van der Waals surface area contributed by atoms with Crippen molar-refractivity contribution in [2.45, 2.75) is 19.9 Å². The standard InChI is InChI=1S/C19H15N5O3S/c1-11-17(28-18(21-11)13-3-2-5-20-9-13)19(25)24-6-4-12-7-15(22-26)16(23-27)8-14(12)10-24/h2-3,5,7-9H,4,6,10H2,1H3. The Balaban J connectivity index is 1.61. The van der Waals surface area contributed by atoms with Gasteiger partial charge in [-0.3, -0.25) is 9.78 Å². The number of thiazole rings is 1. The molecular formula is C19H15N5O3S. The maximum absolute atomic E-state index is 13.1. The molecule has 1 amide bonds. The summed E-state index contributed by atoms with van der Waals surface area (Å²) in [5, 5.41) is 6.48. The van der Waals surface area contributed by atoms with Crippen LogP contribution in [-0.4, -0.2) is 27.3 Å². The molecule has 0 unspecified atom stereocenters. The van der Waals surface area contributed by atoms with E-state index in [9.17, 15) is 14.6 Å². The second-order valence-electron chi connectivity index (χ2n) is 6.44. The van der Waals surface area contributed by atoms with E-state index in [0.717, 1.165) is 21.7 Å². The van der Waals surface area contributed by atoms with Gasteiger partial charge in [-0.05, 0) is 59.1 Å². The zero-order chi connectivity index (χ0) is 19.7. The van der Waals surface area contributed by atoms with E-state index in [1.54, 1.807) is 29.4 Å². The Kier molecular flexibility index (Phi) is 4.74. The Morgan fingerprint density at radius 1 is 1.18 bits per heavy atom. The average molecular weight is 393 g/mol. The molecule has 0 bridgehead atoms. The summed E-state index contributed by atoms with van der Waals surface area (Å²) in [5.41, 5.74) is 3.29. The van der Waals surface area contributed by atoms with E-state index in [1.165, 1.54) is 11.3 Å². The van der Waals surface area contributed by atoms with Crippen LogP contribution in [0.15, 0.2) is 47.0 Å². The van der Waals surface area contributed by atoms with Crippen LogP contribution < -0.4 is 0 Å². The molecule has 28 heavy (non-hydrogen) atoms. The maximum atomic E-state index is 13.1. The third-order valence-electron chi connectivity index (χ3n) is 4.69. The predicted molar refractivity (Wildman–Crippen MR) is 106 cm³/mol. The molecule has 4 rings (SSSR count). The molecule has 3 heterocycles. The lowest BCUT2D eigenvalue weighted by Crippen LogP contribution is -2.35. The molecule has 0 saturated heterocycles. The number of aryl methyl sites for hydroxylation is 1. The van der Waals surface area contributed by atoms with E-state index >= 15 is 0 Å². The first-order valence-electron chi connectivity index (χ1n) is 8.60. The van der Waals surface area contributed by atoms with Crippen LogP contribution in [0.3, 0.4) is 0 Å². The number of pyridine rings is 1. The molecule has 9 heteroatoms. The summed E-state index contributed by atoms with van der Waals surface area (Å²) in [5.74, 6) is -0.103. The third kappa shape index (κ3) is 3.20. The number of carbonyl (C=O) groups is 1. The molecule has 1 aliphatic rings. The second kappa shape index (κ2) is 7.35. The minimum atomic E-state index is -0.103. The number of hydrogen-bond acceptors (Lipinski definition) is 8. The molecule has 2 aromatic heterocycles. The van der Waals surface area contributed by atoms with Gasteiger partial charge in [-0.1, -0.05) is 0 Å². The summed E-state index contributed by atoms with van der Waals surface area (Å²) >= 11 is 1.34. The number of benzene rings is 1. The van der Waals surface area contributed by atoms with Crippen LogP contribution in [0.4, 0.5) is 11.4 Å². The van der Waals surface area contributed by atoms with Gasteiger partial charge in [0, 0.05) is 31.0 Å². The molecule has 0 spiro atoms. The van der Waals surface area contributed by atoms with Crippen molar-refractivity contribution in [1.82, 2.24) is 14.9 Å². The van der Waals surface area contributed by atoms with Crippen molar-refractivity contribution in [2.75, 3.05) is 6.54 Å². The van der Waals surface area contributed by atoms with Gasteiger partial charge in [0.05, 0.1) is 5.69 Å². The van der Waals surface area contributed by atoms with Crippen LogP contribution >= 0.6 is 11.3 Å². The molecule has 3 aromatic rings. The monoisotopic (exact) mass is 393 g/mol. The van der Waals surface area contributed by atoms with Crippen molar-refractivity contribution < 1.29 is 4.79 Å². The summed E-state index contributed by atoms with van der Waals surface area (Å²) in [6, 6.07) is 6.86. The van der Waals surface area contributed by atoms with Crippen LogP contribution in [0.1, 0.15) is 26.5 Å². The number of nitroso groups, excluding NO2 is 2. The summed E-state index contributed by atoms with van der Waals surface area (Å²) in [4.78, 5) is 45.8. The summed E-state index contributed by atoms with van der Waals surface area (Å²) in [6.45, 7) is 2.67. The molecule has 0 fully saturated rings. The normalized spacial score (nSPS) is 13.1. The first kappa shape index (κ1) is 18.1. The average Bonchev–Trinajstić information content (AvgIpc) is 3.14. The smallest absolute Gasteiger partial charge is 0.266 e. The summed E-state index contributed by atoms with van der Waals surface area (Å²) in [7, 11) is 0. The number of fused-ring (bicyclic) bond motifs is 1. The highest BCUT2D eigenvalue weighted by Gasteiger charge is 2.26. The van der Waals surface area contributed by atoms with Crippen LogP contribution in [0.5, 0.6) is 0 Å². The quantitative estimate of drug-likeness (QED) is 0.607. The highest BCUT2D eigenvalue weighted by atomic mass is 32.1. The van der Waals surface area contributed by atoms with Crippen LogP contribution in [0.2, 0.25) is 0 Å². The first-order chi connectivity index (χ1) is 13.6. The number of amides is 1. The molecule has 0 radical (unpaired) electrons. The van der Waals surface area contributed by atoms with Gasteiger partial charge in [-0.2, -0.15) is 0 Å². The van der Waals surface area contributed by atoms with Crippen LogP contribution in [0, 0.1) is 16.7 Å². The maximum Gasteiger partial charge on any atom is 0.266 e. The number of aromatic nitrogens is 2. The predicted octanol–water partition coefficient (Wildman–Crippen LogP) is 4.51. The van der Waals surface area contributed by atoms with Crippen LogP contribution in [-0.2, 0) is 13.0 Å². The van der Waals surface area contributed by atoms with E-state index < -0.39 is 0 Å². The van der Waals surface area contributed by atoms with E-state index in [4.69, 9.17) is 0 Å². The van der Waals surface area contributed by atoms with Crippen LogP contribution in [0.25, 0.3) is 10.6 Å². The van der Waals surface area contributed by atoms with Gasteiger partial charge in [0.1, 0.15) is 21.3 Å². The topological polar surface area (TPSA) is 105 Å². The Bertz CT molecular complexity index is 1080.